The van der Waals surface area contributed by atoms with E-state index < -0.39 is 0 Å². The Morgan fingerprint density at radius 2 is 1.81 bits per heavy atom. The van der Waals surface area contributed by atoms with E-state index in [9.17, 15) is 4.39 Å². The highest BCUT2D eigenvalue weighted by molar-refractivity contribution is 5.87. The fourth-order valence-electron chi connectivity index (χ4n) is 4.13. The molecule has 4 aromatic rings. The summed E-state index contributed by atoms with van der Waals surface area (Å²) in [5, 5.41) is 1.11. The van der Waals surface area contributed by atoms with Gasteiger partial charge in [-0.2, -0.15) is 0 Å². The van der Waals surface area contributed by atoms with E-state index >= 15 is 0 Å². The molecule has 1 aliphatic rings. The van der Waals surface area contributed by atoms with Crippen LogP contribution in [0.4, 0.5) is 4.39 Å². The Morgan fingerprint density at radius 1 is 1.00 bits per heavy atom. The lowest BCUT2D eigenvalue weighted by atomic mass is 9.99. The molecule has 0 unspecified atom stereocenters. The lowest BCUT2D eigenvalue weighted by molar-refractivity contribution is 0.609. The highest BCUT2D eigenvalue weighted by Crippen LogP contribution is 2.37. The largest absolute Gasteiger partial charge is 0.327 e. The Balaban J connectivity index is 1.76. The van der Waals surface area contributed by atoms with Crippen molar-refractivity contribution in [3.05, 3.63) is 71.4 Å². The van der Waals surface area contributed by atoms with Gasteiger partial charge in [-0.05, 0) is 61.7 Å². The predicted octanol–water partition coefficient (Wildman–Crippen LogP) is 5.47. The summed E-state index contributed by atoms with van der Waals surface area (Å²) in [5.41, 5.74) is 6.48. The third-order valence-corrected chi connectivity index (χ3v) is 5.42. The Kier molecular flexibility index (Phi) is 3.61. The van der Waals surface area contributed by atoms with E-state index in [1.54, 1.807) is 0 Å². The molecule has 1 aliphatic heterocycles. The minimum Gasteiger partial charge on any atom is -0.327 e. The van der Waals surface area contributed by atoms with Crippen molar-refractivity contribution in [1.82, 2.24) is 14.5 Å². The number of aromatic nitrogens is 3. The van der Waals surface area contributed by atoms with Crippen LogP contribution >= 0.6 is 0 Å². The number of nitrogens with zero attached hydrogens (tertiary/aromatic N) is 3. The second kappa shape index (κ2) is 6.02. The molecule has 0 aliphatic carbocycles. The molecule has 0 radical (unpaired) electrons. The second-order valence-corrected chi connectivity index (χ2v) is 7.32. The number of aryl methyl sites for hydroxylation is 3. The van der Waals surface area contributed by atoms with E-state index in [4.69, 9.17) is 4.98 Å². The van der Waals surface area contributed by atoms with Gasteiger partial charge < -0.3 is 4.57 Å². The third-order valence-electron chi connectivity index (χ3n) is 5.42. The van der Waals surface area contributed by atoms with Gasteiger partial charge in [0.25, 0.3) is 0 Å². The quantitative estimate of drug-likeness (QED) is 0.476. The Morgan fingerprint density at radius 3 is 2.63 bits per heavy atom. The predicted molar refractivity (Wildman–Crippen MR) is 106 cm³/mol. The standard InChI is InChI=1S/C23H20FN3/c1-14-11-18(12-15(2)21(14)24)22-23(27-10-4-6-20(27)26-22)17-7-8-19-16(13-17)5-3-9-25-19/h3,5,7-9,11-13H,4,6,10H2,1-2H3. The van der Waals surface area contributed by atoms with E-state index in [0.29, 0.717) is 11.1 Å². The fraction of sp³-hybridized carbons (Fsp3) is 0.217. The molecule has 0 bridgehead atoms. The SMILES string of the molecule is Cc1cc(-c2nc3n(c2-c2ccc4ncccc4c2)CCC3)cc(C)c1F. The summed E-state index contributed by atoms with van der Waals surface area (Å²) in [6.07, 6.45) is 3.92. The molecule has 4 heteroatoms. The first-order valence-electron chi connectivity index (χ1n) is 9.33. The zero-order valence-electron chi connectivity index (χ0n) is 15.5. The molecule has 0 saturated heterocycles. The molecule has 0 amide bonds. The van der Waals surface area contributed by atoms with Crippen LogP contribution < -0.4 is 0 Å². The maximum atomic E-state index is 14.2. The number of pyridine rings is 1. The highest BCUT2D eigenvalue weighted by atomic mass is 19.1. The van der Waals surface area contributed by atoms with E-state index in [0.717, 1.165) is 58.6 Å². The van der Waals surface area contributed by atoms with Crippen LogP contribution in [0.15, 0.2) is 48.7 Å². The molecular formula is C23H20FN3. The van der Waals surface area contributed by atoms with Gasteiger partial charge in [-0.3, -0.25) is 4.98 Å². The van der Waals surface area contributed by atoms with E-state index in [1.165, 1.54) is 0 Å². The van der Waals surface area contributed by atoms with Crippen molar-refractivity contribution in [2.45, 2.75) is 33.2 Å². The zero-order chi connectivity index (χ0) is 18.5. The van der Waals surface area contributed by atoms with Crippen molar-refractivity contribution < 1.29 is 4.39 Å². The van der Waals surface area contributed by atoms with Gasteiger partial charge >= 0.3 is 0 Å². The molecule has 3 heterocycles. The summed E-state index contributed by atoms with van der Waals surface area (Å²) in [6.45, 7) is 4.61. The van der Waals surface area contributed by atoms with Crippen LogP contribution in [0.2, 0.25) is 0 Å². The zero-order valence-corrected chi connectivity index (χ0v) is 15.5. The number of halogens is 1. The average Bonchev–Trinajstić information content (AvgIpc) is 3.26. The lowest BCUT2D eigenvalue weighted by Crippen LogP contribution is -1.97. The Labute approximate surface area is 157 Å². The maximum absolute atomic E-state index is 14.2. The maximum Gasteiger partial charge on any atom is 0.129 e. The molecule has 0 N–H and O–H groups in total. The van der Waals surface area contributed by atoms with Crippen LogP contribution in [0.1, 0.15) is 23.4 Å². The minimum absolute atomic E-state index is 0.135. The van der Waals surface area contributed by atoms with Crippen LogP contribution in [0.3, 0.4) is 0 Å². The number of benzene rings is 2. The van der Waals surface area contributed by atoms with E-state index in [-0.39, 0.29) is 5.82 Å². The number of hydrogen-bond donors (Lipinski definition) is 0. The summed E-state index contributed by atoms with van der Waals surface area (Å²) >= 11 is 0. The first-order chi connectivity index (χ1) is 13.1. The number of fused-ring (bicyclic) bond motifs is 2. The first kappa shape index (κ1) is 16.2. The van der Waals surface area contributed by atoms with Gasteiger partial charge in [-0.1, -0.05) is 12.1 Å². The normalized spacial score (nSPS) is 13.3. The highest BCUT2D eigenvalue weighted by Gasteiger charge is 2.24. The fourth-order valence-corrected chi connectivity index (χ4v) is 4.13. The Bertz CT molecular complexity index is 1170. The molecule has 134 valence electrons. The van der Waals surface area contributed by atoms with Crippen molar-refractivity contribution >= 4 is 10.9 Å². The van der Waals surface area contributed by atoms with Crippen molar-refractivity contribution in [3.63, 3.8) is 0 Å². The van der Waals surface area contributed by atoms with Crippen molar-refractivity contribution in [3.8, 4) is 22.5 Å². The molecule has 2 aromatic heterocycles. The molecule has 5 rings (SSSR count). The minimum atomic E-state index is -0.135. The van der Waals surface area contributed by atoms with Crippen LogP contribution in [0.5, 0.6) is 0 Å². The van der Waals surface area contributed by atoms with Crippen LogP contribution in [-0.4, -0.2) is 14.5 Å². The Hall–Kier alpha value is -3.01. The van der Waals surface area contributed by atoms with Gasteiger partial charge in [0.1, 0.15) is 11.6 Å². The van der Waals surface area contributed by atoms with Crippen LogP contribution in [0, 0.1) is 19.7 Å². The first-order valence-corrected chi connectivity index (χ1v) is 9.33. The van der Waals surface area contributed by atoms with E-state index in [2.05, 4.69) is 33.8 Å². The summed E-state index contributed by atoms with van der Waals surface area (Å²) in [7, 11) is 0. The van der Waals surface area contributed by atoms with Crippen molar-refractivity contribution in [2.75, 3.05) is 0 Å². The summed E-state index contributed by atoms with van der Waals surface area (Å²) in [5.74, 6) is 0.981. The van der Waals surface area contributed by atoms with Gasteiger partial charge in [0.15, 0.2) is 0 Å². The second-order valence-electron chi connectivity index (χ2n) is 7.32. The van der Waals surface area contributed by atoms with Gasteiger partial charge in [-0.15, -0.1) is 0 Å². The number of rotatable bonds is 2. The summed E-state index contributed by atoms with van der Waals surface area (Å²) < 4.78 is 16.5. The van der Waals surface area contributed by atoms with Crippen molar-refractivity contribution in [2.24, 2.45) is 0 Å². The van der Waals surface area contributed by atoms with Gasteiger partial charge in [0, 0.05) is 35.7 Å². The van der Waals surface area contributed by atoms with Crippen molar-refractivity contribution in [1.29, 1.82) is 0 Å². The van der Waals surface area contributed by atoms with Gasteiger partial charge in [0.05, 0.1) is 16.9 Å². The lowest BCUT2D eigenvalue weighted by Gasteiger charge is -2.11. The molecule has 0 saturated carbocycles. The molecule has 0 fully saturated rings. The van der Waals surface area contributed by atoms with E-state index in [1.807, 2.05) is 38.2 Å². The molecular weight excluding hydrogens is 337 g/mol. The molecule has 3 nitrogen and oxygen atoms in total. The van der Waals surface area contributed by atoms with Crippen LogP contribution in [-0.2, 0) is 13.0 Å². The molecule has 2 aromatic carbocycles. The van der Waals surface area contributed by atoms with Gasteiger partial charge in [0.2, 0.25) is 0 Å². The third kappa shape index (κ3) is 2.55. The molecule has 27 heavy (non-hydrogen) atoms. The average molecular weight is 357 g/mol. The summed E-state index contributed by atoms with van der Waals surface area (Å²) in [4.78, 5) is 9.38. The molecule has 0 spiro atoms. The smallest absolute Gasteiger partial charge is 0.129 e. The monoisotopic (exact) mass is 357 g/mol. The molecule has 0 atom stereocenters. The van der Waals surface area contributed by atoms with Crippen LogP contribution in [0.25, 0.3) is 33.4 Å². The van der Waals surface area contributed by atoms with Gasteiger partial charge in [-0.25, -0.2) is 9.37 Å². The summed E-state index contributed by atoms with van der Waals surface area (Å²) in [6, 6.07) is 14.2. The number of imidazole rings is 1. The topological polar surface area (TPSA) is 30.7 Å². The number of hydrogen-bond acceptors (Lipinski definition) is 2.